The zero-order valence-corrected chi connectivity index (χ0v) is 17.0. The minimum Gasteiger partial charge on any atom is -0.481 e. The molecule has 0 bridgehead atoms. The second kappa shape index (κ2) is 7.76. The van der Waals surface area contributed by atoms with Crippen LogP contribution in [-0.2, 0) is 0 Å². The summed E-state index contributed by atoms with van der Waals surface area (Å²) in [6, 6.07) is 7.32. The van der Waals surface area contributed by atoms with Crippen molar-refractivity contribution >= 4 is 44.2 Å². The standard InChI is InChI=1S/C18H18ClN5O3S/c1-26-15-10-13(20-17(22-15)27-2)16(25)23-5-7-24(8-6-23)18-21-12-4-3-11(19)9-14(12)28-18/h3-4,9-10H,5-8H2,1-2H3. The number of amides is 1. The summed E-state index contributed by atoms with van der Waals surface area (Å²) in [6.07, 6.45) is 0. The van der Waals surface area contributed by atoms with Crippen LogP contribution in [0.5, 0.6) is 11.9 Å². The molecule has 3 heterocycles. The summed E-state index contributed by atoms with van der Waals surface area (Å²) >= 11 is 7.67. The fraction of sp³-hybridized carbons (Fsp3) is 0.333. The number of anilines is 1. The molecule has 1 aliphatic heterocycles. The van der Waals surface area contributed by atoms with Gasteiger partial charge in [0.15, 0.2) is 5.13 Å². The van der Waals surface area contributed by atoms with Gasteiger partial charge in [-0.25, -0.2) is 4.98 Å². The lowest BCUT2D eigenvalue weighted by molar-refractivity contribution is 0.0739. The highest BCUT2D eigenvalue weighted by atomic mass is 35.5. The summed E-state index contributed by atoms with van der Waals surface area (Å²) in [4.78, 5) is 29.6. The predicted molar refractivity (Wildman–Crippen MR) is 108 cm³/mol. The molecule has 1 aromatic carbocycles. The second-order valence-electron chi connectivity index (χ2n) is 6.17. The molecule has 1 fully saturated rings. The fourth-order valence-corrected chi connectivity index (χ4v) is 4.29. The number of aromatic nitrogens is 3. The molecule has 3 aromatic rings. The lowest BCUT2D eigenvalue weighted by Gasteiger charge is -2.34. The third-order valence-electron chi connectivity index (χ3n) is 4.47. The fourth-order valence-electron chi connectivity index (χ4n) is 2.99. The van der Waals surface area contributed by atoms with Crippen molar-refractivity contribution in [2.45, 2.75) is 0 Å². The maximum Gasteiger partial charge on any atom is 0.320 e. The van der Waals surface area contributed by atoms with Crippen LogP contribution in [-0.4, -0.2) is 66.2 Å². The molecule has 0 N–H and O–H groups in total. The number of ether oxygens (including phenoxy) is 2. The SMILES string of the molecule is COc1cc(C(=O)N2CCN(c3nc4ccc(Cl)cc4s3)CC2)nc(OC)n1. The van der Waals surface area contributed by atoms with E-state index in [2.05, 4.69) is 19.9 Å². The number of piperazine rings is 1. The molecular weight excluding hydrogens is 402 g/mol. The largest absolute Gasteiger partial charge is 0.481 e. The number of carbonyl (C=O) groups excluding carboxylic acids is 1. The Morgan fingerprint density at radius 3 is 2.57 bits per heavy atom. The molecule has 0 radical (unpaired) electrons. The van der Waals surface area contributed by atoms with E-state index < -0.39 is 0 Å². The minimum absolute atomic E-state index is 0.106. The third kappa shape index (κ3) is 3.67. The number of halogens is 1. The summed E-state index contributed by atoms with van der Waals surface area (Å²) < 4.78 is 11.2. The van der Waals surface area contributed by atoms with Crippen LogP contribution in [0.2, 0.25) is 5.02 Å². The molecule has 1 saturated heterocycles. The molecule has 10 heteroatoms. The van der Waals surface area contributed by atoms with Crippen LogP contribution >= 0.6 is 22.9 Å². The molecular formula is C18H18ClN5O3S. The number of fused-ring (bicyclic) bond motifs is 1. The van der Waals surface area contributed by atoms with E-state index >= 15 is 0 Å². The highest BCUT2D eigenvalue weighted by molar-refractivity contribution is 7.22. The zero-order chi connectivity index (χ0) is 19.7. The molecule has 0 unspecified atom stereocenters. The normalized spacial score (nSPS) is 14.4. The summed E-state index contributed by atoms with van der Waals surface area (Å²) in [5.74, 6) is 0.122. The van der Waals surface area contributed by atoms with Crippen LogP contribution in [0.25, 0.3) is 10.2 Å². The maximum absolute atomic E-state index is 12.8. The van der Waals surface area contributed by atoms with Gasteiger partial charge in [0.1, 0.15) is 5.69 Å². The van der Waals surface area contributed by atoms with Crippen molar-refractivity contribution in [1.82, 2.24) is 19.9 Å². The number of nitrogens with zero attached hydrogens (tertiary/aromatic N) is 5. The van der Waals surface area contributed by atoms with Crippen molar-refractivity contribution in [3.63, 3.8) is 0 Å². The first-order chi connectivity index (χ1) is 13.6. The van der Waals surface area contributed by atoms with Crippen LogP contribution in [0.4, 0.5) is 5.13 Å². The summed E-state index contributed by atoms with van der Waals surface area (Å²) in [6.45, 7) is 2.53. The number of rotatable bonds is 4. The van der Waals surface area contributed by atoms with Crippen LogP contribution in [0.3, 0.4) is 0 Å². The van der Waals surface area contributed by atoms with Gasteiger partial charge in [-0.3, -0.25) is 4.79 Å². The number of methoxy groups -OCH3 is 2. The van der Waals surface area contributed by atoms with E-state index in [1.165, 1.54) is 20.3 Å². The molecule has 0 spiro atoms. The first-order valence-corrected chi connectivity index (χ1v) is 9.84. The van der Waals surface area contributed by atoms with Crippen LogP contribution in [0, 0.1) is 0 Å². The summed E-state index contributed by atoms with van der Waals surface area (Å²) in [5.41, 5.74) is 1.19. The topological polar surface area (TPSA) is 80.7 Å². The van der Waals surface area contributed by atoms with Crippen molar-refractivity contribution < 1.29 is 14.3 Å². The van der Waals surface area contributed by atoms with Crippen LogP contribution in [0.15, 0.2) is 24.3 Å². The molecule has 8 nitrogen and oxygen atoms in total. The van der Waals surface area contributed by atoms with E-state index in [1.807, 2.05) is 18.2 Å². The summed E-state index contributed by atoms with van der Waals surface area (Å²) in [7, 11) is 2.94. The Hall–Kier alpha value is -2.65. The Bertz CT molecular complexity index is 997. The number of carbonyl (C=O) groups is 1. The van der Waals surface area contributed by atoms with Gasteiger partial charge in [-0.1, -0.05) is 22.9 Å². The van der Waals surface area contributed by atoms with Crippen LogP contribution in [0.1, 0.15) is 10.5 Å². The Kier molecular flexibility index (Phi) is 5.19. The molecule has 4 rings (SSSR count). The molecule has 0 aliphatic carbocycles. The molecule has 28 heavy (non-hydrogen) atoms. The van der Waals surface area contributed by atoms with E-state index in [9.17, 15) is 4.79 Å². The van der Waals surface area contributed by atoms with E-state index in [-0.39, 0.29) is 17.6 Å². The van der Waals surface area contributed by atoms with Gasteiger partial charge in [0.2, 0.25) is 5.88 Å². The molecule has 0 saturated carbocycles. The average Bonchev–Trinajstić information content (AvgIpc) is 3.16. The van der Waals surface area contributed by atoms with Gasteiger partial charge >= 0.3 is 6.01 Å². The van der Waals surface area contributed by atoms with E-state index in [4.69, 9.17) is 21.1 Å². The number of thiazole rings is 1. The van der Waals surface area contributed by atoms with Crippen molar-refractivity contribution in [1.29, 1.82) is 0 Å². The smallest absolute Gasteiger partial charge is 0.320 e. The number of hydrogen-bond donors (Lipinski definition) is 0. The average molecular weight is 420 g/mol. The lowest BCUT2D eigenvalue weighted by Crippen LogP contribution is -2.49. The molecule has 0 atom stereocenters. The van der Waals surface area contributed by atoms with Crippen LogP contribution < -0.4 is 14.4 Å². The number of hydrogen-bond acceptors (Lipinski definition) is 8. The van der Waals surface area contributed by atoms with E-state index in [1.54, 1.807) is 16.2 Å². The highest BCUT2D eigenvalue weighted by Gasteiger charge is 2.25. The molecule has 2 aromatic heterocycles. The maximum atomic E-state index is 12.8. The van der Waals surface area contributed by atoms with Gasteiger partial charge in [0.05, 0.1) is 24.4 Å². The second-order valence-corrected chi connectivity index (χ2v) is 7.62. The first kappa shape index (κ1) is 18.7. The lowest BCUT2D eigenvalue weighted by atomic mass is 10.2. The van der Waals surface area contributed by atoms with Crippen molar-refractivity contribution in [2.24, 2.45) is 0 Å². The van der Waals surface area contributed by atoms with E-state index in [0.717, 1.165) is 15.3 Å². The van der Waals surface area contributed by atoms with Gasteiger partial charge in [0, 0.05) is 37.3 Å². The van der Waals surface area contributed by atoms with E-state index in [0.29, 0.717) is 37.1 Å². The Morgan fingerprint density at radius 1 is 1.07 bits per heavy atom. The Labute approximate surface area is 170 Å². The Morgan fingerprint density at radius 2 is 1.86 bits per heavy atom. The van der Waals surface area contributed by atoms with Gasteiger partial charge in [-0.2, -0.15) is 9.97 Å². The minimum atomic E-state index is -0.172. The van der Waals surface area contributed by atoms with Gasteiger partial charge < -0.3 is 19.3 Å². The van der Waals surface area contributed by atoms with Gasteiger partial charge in [-0.15, -0.1) is 0 Å². The van der Waals surface area contributed by atoms with Gasteiger partial charge in [-0.05, 0) is 18.2 Å². The predicted octanol–water partition coefficient (Wildman–Crippen LogP) is 2.72. The molecule has 1 amide bonds. The van der Waals surface area contributed by atoms with Crippen molar-refractivity contribution in [3.8, 4) is 11.9 Å². The first-order valence-electron chi connectivity index (χ1n) is 8.65. The monoisotopic (exact) mass is 419 g/mol. The zero-order valence-electron chi connectivity index (χ0n) is 15.4. The Balaban J connectivity index is 1.46. The van der Waals surface area contributed by atoms with Gasteiger partial charge in [0.25, 0.3) is 5.91 Å². The van der Waals surface area contributed by atoms with Crippen molar-refractivity contribution in [3.05, 3.63) is 35.0 Å². The van der Waals surface area contributed by atoms with Crippen molar-refractivity contribution in [2.75, 3.05) is 45.3 Å². The summed E-state index contributed by atoms with van der Waals surface area (Å²) in [5, 5.41) is 1.64. The molecule has 1 aliphatic rings. The highest BCUT2D eigenvalue weighted by Crippen LogP contribution is 2.31. The quantitative estimate of drug-likeness (QED) is 0.643. The third-order valence-corrected chi connectivity index (χ3v) is 5.78. The number of benzene rings is 1. The molecule has 146 valence electrons.